The van der Waals surface area contributed by atoms with Gasteiger partial charge in [0.25, 0.3) is 0 Å². The summed E-state index contributed by atoms with van der Waals surface area (Å²) in [6.45, 7) is 0. The van der Waals surface area contributed by atoms with E-state index in [4.69, 9.17) is 11.6 Å². The van der Waals surface area contributed by atoms with Gasteiger partial charge in [-0.1, -0.05) is 0 Å². The number of rotatable bonds is 1. The average Bonchev–Trinajstić information content (AvgIpc) is 2.02. The predicted octanol–water partition coefficient (Wildman–Crippen LogP) is 1.54. The molecule has 13 heavy (non-hydrogen) atoms. The molecule has 0 heterocycles. The Hall–Kier alpha value is -1.43. The first-order chi connectivity index (χ1) is 5.95. The lowest BCUT2D eigenvalue weighted by molar-refractivity contribution is -0.137. The minimum absolute atomic E-state index is 0.0213. The number of halogens is 3. The minimum atomic E-state index is -4.40. The lowest BCUT2D eigenvalue weighted by atomic mass is 10.2. The first-order valence-electron chi connectivity index (χ1n) is 3.28. The third-order valence-corrected chi connectivity index (χ3v) is 1.46. The van der Waals surface area contributed by atoms with Gasteiger partial charge in [-0.05, 0) is 18.2 Å². The van der Waals surface area contributed by atoms with E-state index in [2.05, 4.69) is 4.84 Å². The highest BCUT2D eigenvalue weighted by Gasteiger charge is 2.30. The van der Waals surface area contributed by atoms with Crippen LogP contribution in [0.4, 0.5) is 18.9 Å². The van der Waals surface area contributed by atoms with Gasteiger partial charge < -0.3 is 10.6 Å². The van der Waals surface area contributed by atoms with Crippen LogP contribution < -0.4 is 16.5 Å². The Bertz CT molecular complexity index is 311. The van der Waals surface area contributed by atoms with E-state index in [9.17, 15) is 13.2 Å². The molecule has 0 unspecified atom stereocenters. The molecule has 0 atom stereocenters. The van der Waals surface area contributed by atoms with E-state index in [1.807, 2.05) is 0 Å². The van der Waals surface area contributed by atoms with Crippen LogP contribution in [0, 0.1) is 0 Å². The number of anilines is 1. The summed E-state index contributed by atoms with van der Waals surface area (Å²) in [5.41, 5.74) is 4.25. The van der Waals surface area contributed by atoms with E-state index in [1.54, 1.807) is 0 Å². The first-order valence-corrected chi connectivity index (χ1v) is 3.28. The van der Waals surface area contributed by atoms with E-state index in [0.29, 0.717) is 0 Å². The molecule has 6 heteroatoms. The van der Waals surface area contributed by atoms with Crippen LogP contribution >= 0.6 is 0 Å². The molecule has 0 aliphatic rings. The Balaban J connectivity index is 3.10. The topological polar surface area (TPSA) is 61.3 Å². The maximum atomic E-state index is 12.1. The number of nitrogen functional groups attached to an aromatic ring is 1. The van der Waals surface area contributed by atoms with E-state index in [-0.39, 0.29) is 11.4 Å². The van der Waals surface area contributed by atoms with Gasteiger partial charge in [-0.15, -0.1) is 0 Å². The highest BCUT2D eigenvalue weighted by atomic mass is 19.4. The van der Waals surface area contributed by atoms with E-state index in [1.165, 1.54) is 0 Å². The molecule has 4 N–H and O–H groups in total. The second-order valence-electron chi connectivity index (χ2n) is 2.37. The molecule has 0 aliphatic carbocycles. The zero-order valence-corrected chi connectivity index (χ0v) is 6.43. The Morgan fingerprint density at radius 3 is 2.23 bits per heavy atom. The Labute approximate surface area is 72.0 Å². The van der Waals surface area contributed by atoms with Gasteiger partial charge in [-0.25, -0.2) is 0 Å². The van der Waals surface area contributed by atoms with Crippen LogP contribution in [0.1, 0.15) is 5.56 Å². The number of nitrogens with two attached hydrogens (primary N) is 2. The second kappa shape index (κ2) is 3.14. The van der Waals surface area contributed by atoms with Crippen molar-refractivity contribution in [1.29, 1.82) is 0 Å². The summed E-state index contributed by atoms with van der Waals surface area (Å²) >= 11 is 0. The normalized spacial score (nSPS) is 11.4. The number of hydrogen-bond acceptors (Lipinski definition) is 3. The summed E-state index contributed by atoms with van der Waals surface area (Å²) in [6, 6.07) is 2.68. The van der Waals surface area contributed by atoms with Crippen LogP contribution in [0.25, 0.3) is 0 Å². The molecule has 0 fully saturated rings. The lowest BCUT2D eigenvalue weighted by Crippen LogP contribution is -2.08. The van der Waals surface area contributed by atoms with E-state index in [0.717, 1.165) is 18.2 Å². The summed E-state index contributed by atoms with van der Waals surface area (Å²) in [6.07, 6.45) is -4.40. The molecule has 1 aromatic carbocycles. The standard InChI is InChI=1S/C7H7F3N2O/c8-7(9,10)4-1-2-6(13-12)5(11)3-4/h1-3H,11-12H2. The molecule has 0 amide bonds. The number of hydrogen-bond donors (Lipinski definition) is 2. The van der Waals surface area contributed by atoms with Crippen molar-refractivity contribution >= 4 is 5.69 Å². The minimum Gasteiger partial charge on any atom is -0.409 e. The molecule has 0 aromatic heterocycles. The smallest absolute Gasteiger partial charge is 0.409 e. The van der Waals surface area contributed by atoms with Gasteiger partial charge in [0, 0.05) is 0 Å². The Kier molecular flexibility index (Phi) is 2.33. The summed E-state index contributed by atoms with van der Waals surface area (Å²) in [5.74, 6) is 4.77. The average molecular weight is 192 g/mol. The van der Waals surface area contributed by atoms with Crippen molar-refractivity contribution in [1.82, 2.24) is 0 Å². The molecular formula is C7H7F3N2O. The molecule has 0 radical (unpaired) electrons. The van der Waals surface area contributed by atoms with Crippen molar-refractivity contribution in [3.8, 4) is 5.75 Å². The van der Waals surface area contributed by atoms with E-state index < -0.39 is 11.7 Å². The van der Waals surface area contributed by atoms with Crippen molar-refractivity contribution in [2.24, 2.45) is 5.90 Å². The zero-order chi connectivity index (χ0) is 10.1. The molecule has 3 nitrogen and oxygen atoms in total. The second-order valence-corrected chi connectivity index (χ2v) is 2.37. The van der Waals surface area contributed by atoms with Crippen LogP contribution in [-0.4, -0.2) is 0 Å². The number of alkyl halides is 3. The SMILES string of the molecule is NOc1ccc(C(F)(F)F)cc1N. The Morgan fingerprint density at radius 1 is 1.23 bits per heavy atom. The van der Waals surface area contributed by atoms with Crippen LogP contribution in [0.3, 0.4) is 0 Å². The summed E-state index contributed by atoms with van der Waals surface area (Å²) in [4.78, 5) is 4.22. The lowest BCUT2D eigenvalue weighted by Gasteiger charge is -2.08. The van der Waals surface area contributed by atoms with Crippen molar-refractivity contribution < 1.29 is 18.0 Å². The molecule has 72 valence electrons. The molecule has 0 saturated carbocycles. The van der Waals surface area contributed by atoms with Crippen LogP contribution in [0.15, 0.2) is 18.2 Å². The van der Waals surface area contributed by atoms with E-state index >= 15 is 0 Å². The largest absolute Gasteiger partial charge is 0.416 e. The molecule has 0 saturated heterocycles. The van der Waals surface area contributed by atoms with Gasteiger partial charge in [0.2, 0.25) is 0 Å². The fraction of sp³-hybridized carbons (Fsp3) is 0.143. The van der Waals surface area contributed by atoms with Crippen LogP contribution in [-0.2, 0) is 6.18 Å². The maximum Gasteiger partial charge on any atom is 0.416 e. The van der Waals surface area contributed by atoms with Gasteiger partial charge in [0.15, 0.2) is 5.75 Å². The van der Waals surface area contributed by atoms with Gasteiger partial charge >= 0.3 is 6.18 Å². The highest BCUT2D eigenvalue weighted by Crippen LogP contribution is 2.33. The van der Waals surface area contributed by atoms with Gasteiger partial charge in [-0.2, -0.15) is 19.1 Å². The summed E-state index contributed by atoms with van der Waals surface area (Å²) in [5, 5.41) is 0. The van der Waals surface area contributed by atoms with Crippen LogP contribution in [0.5, 0.6) is 5.75 Å². The third-order valence-electron chi connectivity index (χ3n) is 1.46. The van der Waals surface area contributed by atoms with Crippen molar-refractivity contribution in [3.05, 3.63) is 23.8 Å². The zero-order valence-electron chi connectivity index (χ0n) is 6.43. The van der Waals surface area contributed by atoms with Crippen molar-refractivity contribution in [2.45, 2.75) is 6.18 Å². The summed E-state index contributed by atoms with van der Waals surface area (Å²) in [7, 11) is 0. The molecule has 1 rings (SSSR count). The van der Waals surface area contributed by atoms with Gasteiger partial charge in [-0.3, -0.25) is 0 Å². The third kappa shape index (κ3) is 2.03. The molecule has 0 aliphatic heterocycles. The van der Waals surface area contributed by atoms with Crippen LogP contribution in [0.2, 0.25) is 0 Å². The maximum absolute atomic E-state index is 12.1. The van der Waals surface area contributed by atoms with Crippen molar-refractivity contribution in [3.63, 3.8) is 0 Å². The molecule has 0 bridgehead atoms. The Morgan fingerprint density at radius 2 is 1.85 bits per heavy atom. The summed E-state index contributed by atoms with van der Waals surface area (Å²) < 4.78 is 36.2. The quantitative estimate of drug-likeness (QED) is 0.524. The first kappa shape index (κ1) is 9.66. The predicted molar refractivity (Wildman–Crippen MR) is 40.7 cm³/mol. The highest BCUT2D eigenvalue weighted by molar-refractivity contribution is 5.54. The fourth-order valence-corrected chi connectivity index (χ4v) is 0.832. The molecule has 0 spiro atoms. The van der Waals surface area contributed by atoms with Gasteiger partial charge in [0.05, 0.1) is 11.3 Å². The van der Waals surface area contributed by atoms with Crippen molar-refractivity contribution in [2.75, 3.05) is 5.73 Å². The molecular weight excluding hydrogens is 185 g/mol. The monoisotopic (exact) mass is 192 g/mol. The number of benzene rings is 1. The molecule has 1 aromatic rings. The van der Waals surface area contributed by atoms with Gasteiger partial charge in [0.1, 0.15) is 0 Å². The fourth-order valence-electron chi connectivity index (χ4n) is 0.832.